The van der Waals surface area contributed by atoms with E-state index in [4.69, 9.17) is 43.8 Å². The van der Waals surface area contributed by atoms with E-state index in [1.807, 2.05) is 36.4 Å². The van der Waals surface area contributed by atoms with Crippen LogP contribution in [0.2, 0.25) is 10.0 Å². The molecular weight excluding hydrogens is 361 g/mol. The summed E-state index contributed by atoms with van der Waals surface area (Å²) < 4.78 is 10.9. The fourth-order valence-electron chi connectivity index (χ4n) is 2.26. The Morgan fingerprint density at radius 3 is 2.68 bits per heavy atom. The van der Waals surface area contributed by atoms with Crippen molar-refractivity contribution >= 4 is 29.2 Å². The van der Waals surface area contributed by atoms with E-state index < -0.39 is 0 Å². The first-order valence-electron chi connectivity index (χ1n) is 7.73. The van der Waals surface area contributed by atoms with Gasteiger partial charge in [-0.1, -0.05) is 47.5 Å². The third-order valence-corrected chi connectivity index (χ3v) is 4.46. The van der Waals surface area contributed by atoms with Gasteiger partial charge in [-0.15, -0.1) is 0 Å². The molecule has 0 aliphatic carbocycles. The monoisotopic (exact) mass is 381 g/mol. The van der Waals surface area contributed by atoms with E-state index in [9.17, 15) is 0 Å². The molecule has 0 radical (unpaired) electrons. The van der Waals surface area contributed by atoms with Gasteiger partial charge in [0.2, 0.25) is 0 Å². The molecule has 0 fully saturated rings. The fourth-order valence-corrected chi connectivity index (χ4v) is 2.64. The maximum atomic E-state index is 7.66. The average Bonchev–Trinajstić information content (AvgIpc) is 2.60. The molecule has 5 nitrogen and oxygen atoms in total. The predicted octanol–water partition coefficient (Wildman–Crippen LogP) is 3.91. The van der Waals surface area contributed by atoms with Crippen molar-refractivity contribution in [2.45, 2.75) is 13.2 Å². The van der Waals surface area contributed by atoms with Gasteiger partial charge in [-0.25, -0.2) is 0 Å². The molecule has 2 aromatic carbocycles. The summed E-state index contributed by atoms with van der Waals surface area (Å²) in [5, 5.41) is 8.67. The molecule has 0 aliphatic rings. The molecule has 0 unspecified atom stereocenters. The molecule has 2 rings (SSSR count). The number of hydrogen-bond acceptors (Lipinski definition) is 3. The minimum atomic E-state index is 0.00841. The Morgan fingerprint density at radius 2 is 1.96 bits per heavy atom. The van der Waals surface area contributed by atoms with Crippen LogP contribution in [-0.4, -0.2) is 31.1 Å². The highest BCUT2D eigenvalue weighted by Crippen LogP contribution is 2.26. The number of halogens is 2. The lowest BCUT2D eigenvalue weighted by molar-refractivity contribution is 0.173. The minimum absolute atomic E-state index is 0.00841. The lowest BCUT2D eigenvalue weighted by Gasteiger charge is -2.22. The van der Waals surface area contributed by atoms with Crippen LogP contribution in [0.4, 0.5) is 0 Å². The van der Waals surface area contributed by atoms with E-state index in [-0.39, 0.29) is 5.96 Å². The van der Waals surface area contributed by atoms with Gasteiger partial charge in [-0.2, -0.15) is 0 Å². The summed E-state index contributed by atoms with van der Waals surface area (Å²) in [5.74, 6) is 0.720. The first-order chi connectivity index (χ1) is 12.0. The van der Waals surface area contributed by atoms with Gasteiger partial charge in [-0.3, -0.25) is 5.41 Å². The molecule has 2 aromatic rings. The highest BCUT2D eigenvalue weighted by Gasteiger charge is 2.09. The Bertz CT molecular complexity index is 725. The lowest BCUT2D eigenvalue weighted by atomic mass is 10.2. The number of hydrogen-bond donors (Lipinski definition) is 2. The average molecular weight is 382 g/mol. The van der Waals surface area contributed by atoms with Crippen molar-refractivity contribution in [2.24, 2.45) is 5.73 Å². The molecule has 3 N–H and O–H groups in total. The van der Waals surface area contributed by atoms with Crippen LogP contribution >= 0.6 is 23.2 Å². The van der Waals surface area contributed by atoms with Gasteiger partial charge in [0.25, 0.3) is 0 Å². The number of nitrogens with two attached hydrogens (primary N) is 1. The van der Waals surface area contributed by atoms with Gasteiger partial charge >= 0.3 is 0 Å². The number of nitrogens with one attached hydrogen (secondary N) is 1. The van der Waals surface area contributed by atoms with E-state index in [1.54, 1.807) is 18.1 Å². The van der Waals surface area contributed by atoms with E-state index >= 15 is 0 Å². The Labute approximate surface area is 157 Å². The summed E-state index contributed by atoms with van der Waals surface area (Å²) in [6, 6.07) is 13.1. The van der Waals surface area contributed by atoms with Gasteiger partial charge in [0, 0.05) is 25.8 Å². The van der Waals surface area contributed by atoms with Crippen molar-refractivity contribution in [2.75, 3.05) is 20.3 Å². The second kappa shape index (κ2) is 9.51. The van der Waals surface area contributed by atoms with Crippen LogP contribution in [-0.2, 0) is 17.9 Å². The zero-order valence-corrected chi connectivity index (χ0v) is 15.5. The molecule has 0 aromatic heterocycles. The molecule has 0 spiro atoms. The first kappa shape index (κ1) is 19.4. The number of methoxy groups -OCH3 is 1. The normalized spacial score (nSPS) is 10.5. The van der Waals surface area contributed by atoms with Crippen molar-refractivity contribution in [1.82, 2.24) is 4.90 Å². The Balaban J connectivity index is 2.02. The second-order valence-electron chi connectivity index (χ2n) is 5.45. The Morgan fingerprint density at radius 1 is 1.20 bits per heavy atom. The minimum Gasteiger partial charge on any atom is -0.489 e. The summed E-state index contributed by atoms with van der Waals surface area (Å²) in [7, 11) is 1.62. The number of ether oxygens (including phenoxy) is 2. The third kappa shape index (κ3) is 5.81. The van der Waals surface area contributed by atoms with Gasteiger partial charge in [0.05, 0.1) is 16.7 Å². The van der Waals surface area contributed by atoms with Crippen LogP contribution < -0.4 is 10.5 Å². The maximum Gasteiger partial charge on any atom is 0.188 e. The summed E-state index contributed by atoms with van der Waals surface area (Å²) >= 11 is 12.2. The molecule has 25 heavy (non-hydrogen) atoms. The molecule has 0 bridgehead atoms. The van der Waals surface area contributed by atoms with Gasteiger partial charge < -0.3 is 20.1 Å². The van der Waals surface area contributed by atoms with Crippen LogP contribution in [0.25, 0.3) is 0 Å². The molecule has 7 heteroatoms. The van der Waals surface area contributed by atoms with E-state index in [2.05, 4.69) is 0 Å². The first-order valence-corrected chi connectivity index (χ1v) is 8.49. The fraction of sp³-hybridized carbons (Fsp3) is 0.278. The summed E-state index contributed by atoms with van der Waals surface area (Å²) in [6.07, 6.45) is 0. The quantitative estimate of drug-likeness (QED) is 0.536. The van der Waals surface area contributed by atoms with Crippen LogP contribution in [0.5, 0.6) is 5.75 Å². The SMILES string of the molecule is COCCN(Cc1cccc(OCc2cccc(Cl)c2Cl)c1)C(=N)N. The zero-order valence-electron chi connectivity index (χ0n) is 14.0. The molecule has 0 atom stereocenters. The number of nitrogens with zero attached hydrogens (tertiary/aromatic N) is 1. The van der Waals surface area contributed by atoms with Crippen LogP contribution in [0.15, 0.2) is 42.5 Å². The van der Waals surface area contributed by atoms with Gasteiger partial charge in [-0.05, 0) is 23.8 Å². The molecule has 0 heterocycles. The van der Waals surface area contributed by atoms with Crippen molar-refractivity contribution < 1.29 is 9.47 Å². The van der Waals surface area contributed by atoms with Gasteiger partial charge in [0.1, 0.15) is 12.4 Å². The molecule has 134 valence electrons. The van der Waals surface area contributed by atoms with Crippen LogP contribution in [0.1, 0.15) is 11.1 Å². The van der Waals surface area contributed by atoms with Crippen molar-refractivity contribution in [3.8, 4) is 5.75 Å². The summed E-state index contributed by atoms with van der Waals surface area (Å²) in [6.45, 7) is 1.88. The number of rotatable bonds is 8. The smallest absolute Gasteiger partial charge is 0.188 e. The highest BCUT2D eigenvalue weighted by atomic mass is 35.5. The lowest BCUT2D eigenvalue weighted by Crippen LogP contribution is -2.38. The largest absolute Gasteiger partial charge is 0.489 e. The van der Waals surface area contributed by atoms with E-state index in [0.717, 1.165) is 11.1 Å². The van der Waals surface area contributed by atoms with Crippen LogP contribution in [0, 0.1) is 5.41 Å². The molecule has 0 amide bonds. The number of guanidine groups is 1. The van der Waals surface area contributed by atoms with Crippen molar-refractivity contribution in [3.05, 3.63) is 63.6 Å². The van der Waals surface area contributed by atoms with E-state index in [0.29, 0.717) is 42.1 Å². The molecular formula is C18H21Cl2N3O2. The van der Waals surface area contributed by atoms with Crippen LogP contribution in [0.3, 0.4) is 0 Å². The summed E-state index contributed by atoms with van der Waals surface area (Å²) in [5.41, 5.74) is 7.44. The summed E-state index contributed by atoms with van der Waals surface area (Å²) in [4.78, 5) is 1.73. The predicted molar refractivity (Wildman–Crippen MR) is 101 cm³/mol. The molecule has 0 saturated heterocycles. The standard InChI is InChI=1S/C18H21Cl2N3O2/c1-24-9-8-23(18(21)22)11-13-4-2-6-15(10-13)25-12-14-5-3-7-16(19)17(14)20/h2-7,10H,8-9,11-12H2,1H3,(H3,21,22). The zero-order chi connectivity index (χ0) is 18.2. The molecule has 0 saturated carbocycles. The van der Waals surface area contributed by atoms with Crippen molar-refractivity contribution in [1.29, 1.82) is 5.41 Å². The maximum absolute atomic E-state index is 7.66. The van der Waals surface area contributed by atoms with Gasteiger partial charge in [0.15, 0.2) is 5.96 Å². The third-order valence-electron chi connectivity index (χ3n) is 3.60. The Kier molecular flexibility index (Phi) is 7.37. The number of benzene rings is 2. The topological polar surface area (TPSA) is 71.6 Å². The van der Waals surface area contributed by atoms with Crippen molar-refractivity contribution in [3.63, 3.8) is 0 Å². The van der Waals surface area contributed by atoms with E-state index in [1.165, 1.54) is 0 Å². The molecule has 0 aliphatic heterocycles. The second-order valence-corrected chi connectivity index (χ2v) is 6.23. The highest BCUT2D eigenvalue weighted by molar-refractivity contribution is 6.42. The Hall–Kier alpha value is -1.95.